The summed E-state index contributed by atoms with van der Waals surface area (Å²) in [7, 11) is 0. The molecule has 0 unspecified atom stereocenters. The van der Waals surface area contributed by atoms with Crippen molar-refractivity contribution in [2.24, 2.45) is 0 Å². The van der Waals surface area contributed by atoms with Crippen LogP contribution in [0.4, 0.5) is 5.69 Å². The van der Waals surface area contributed by atoms with Gasteiger partial charge < -0.3 is 10.1 Å². The first-order valence-corrected chi connectivity index (χ1v) is 8.84. The third kappa shape index (κ3) is 5.41. The van der Waals surface area contributed by atoms with Crippen LogP contribution in [0.15, 0.2) is 48.5 Å². The van der Waals surface area contributed by atoms with E-state index < -0.39 is 0 Å². The summed E-state index contributed by atoms with van der Waals surface area (Å²) in [5.41, 5.74) is 4.46. The fourth-order valence-electron chi connectivity index (χ4n) is 3.35. The van der Waals surface area contributed by atoms with Crippen molar-refractivity contribution in [3.8, 4) is 0 Å². The molecule has 1 atom stereocenters. The maximum Gasteiger partial charge on any atom is 0.227 e. The molecular weight excluding hydrogens is 312 g/mol. The molecule has 0 aliphatic carbocycles. The largest absolute Gasteiger partial charge is 0.375 e. The first kappa shape index (κ1) is 17.6. The highest BCUT2D eigenvalue weighted by Crippen LogP contribution is 2.16. The fraction of sp³-hybridized carbons (Fsp3) is 0.381. The molecule has 1 saturated heterocycles. The topological polar surface area (TPSA) is 41.6 Å². The molecule has 25 heavy (non-hydrogen) atoms. The molecule has 0 bridgehead atoms. The molecule has 1 aliphatic rings. The minimum absolute atomic E-state index is 0.0107. The number of carbonyl (C=O) groups excluding carboxylic acids is 1. The van der Waals surface area contributed by atoms with Gasteiger partial charge in [0.25, 0.3) is 0 Å². The maximum absolute atomic E-state index is 12.4. The average molecular weight is 338 g/mol. The third-order valence-corrected chi connectivity index (χ3v) is 4.39. The molecule has 1 fully saturated rings. The number of hydrogen-bond donors (Lipinski definition) is 1. The normalized spacial score (nSPS) is 18.1. The number of aryl methyl sites for hydroxylation is 2. The minimum Gasteiger partial charge on any atom is -0.375 e. The van der Waals surface area contributed by atoms with Crippen LogP contribution in [0.2, 0.25) is 0 Å². The summed E-state index contributed by atoms with van der Waals surface area (Å²) in [6, 6.07) is 16.5. The SMILES string of the molecule is Cc1cc(C)cc(NC(=O)C[C@@H]2CN(Cc3ccccc3)CCO2)c1. The quantitative estimate of drug-likeness (QED) is 0.907. The van der Waals surface area contributed by atoms with E-state index in [1.807, 2.05) is 32.0 Å². The first-order chi connectivity index (χ1) is 12.1. The molecule has 0 aromatic heterocycles. The Bertz CT molecular complexity index is 695. The molecule has 0 saturated carbocycles. The molecule has 0 radical (unpaired) electrons. The number of benzene rings is 2. The van der Waals surface area contributed by atoms with Crippen molar-refractivity contribution >= 4 is 11.6 Å². The average Bonchev–Trinajstić information content (AvgIpc) is 2.55. The van der Waals surface area contributed by atoms with Crippen LogP contribution < -0.4 is 5.32 Å². The highest BCUT2D eigenvalue weighted by molar-refractivity contribution is 5.91. The van der Waals surface area contributed by atoms with E-state index in [4.69, 9.17) is 4.74 Å². The number of nitrogens with one attached hydrogen (secondary N) is 1. The van der Waals surface area contributed by atoms with Crippen molar-refractivity contribution in [1.82, 2.24) is 4.90 Å². The highest BCUT2D eigenvalue weighted by Gasteiger charge is 2.23. The molecule has 3 rings (SSSR count). The van der Waals surface area contributed by atoms with Crippen molar-refractivity contribution < 1.29 is 9.53 Å². The van der Waals surface area contributed by atoms with Gasteiger partial charge in [0.1, 0.15) is 0 Å². The smallest absolute Gasteiger partial charge is 0.227 e. The van der Waals surface area contributed by atoms with Crippen LogP contribution in [-0.4, -0.2) is 36.6 Å². The molecule has 2 aromatic rings. The molecule has 1 aliphatic heterocycles. The molecular formula is C21H26N2O2. The van der Waals surface area contributed by atoms with E-state index in [0.717, 1.165) is 36.4 Å². The minimum atomic E-state index is -0.0524. The zero-order valence-electron chi connectivity index (χ0n) is 15.0. The fourth-order valence-corrected chi connectivity index (χ4v) is 3.35. The monoisotopic (exact) mass is 338 g/mol. The van der Waals surface area contributed by atoms with Crippen molar-refractivity contribution in [3.63, 3.8) is 0 Å². The Morgan fingerprint density at radius 1 is 1.16 bits per heavy atom. The second-order valence-electron chi connectivity index (χ2n) is 6.84. The van der Waals surface area contributed by atoms with Gasteiger partial charge in [-0.1, -0.05) is 36.4 Å². The molecule has 1 heterocycles. The van der Waals surface area contributed by atoms with Crippen LogP contribution in [0.3, 0.4) is 0 Å². The van der Waals surface area contributed by atoms with Crippen molar-refractivity contribution in [1.29, 1.82) is 0 Å². The Kier molecular flexibility index (Phi) is 5.84. The third-order valence-electron chi connectivity index (χ3n) is 4.39. The van der Waals surface area contributed by atoms with E-state index in [2.05, 4.69) is 40.5 Å². The van der Waals surface area contributed by atoms with Crippen LogP contribution in [0.1, 0.15) is 23.1 Å². The molecule has 4 heteroatoms. The standard InChI is InChI=1S/C21H26N2O2/c1-16-10-17(2)12-19(11-16)22-21(24)13-20-15-23(8-9-25-20)14-18-6-4-3-5-7-18/h3-7,10-12,20H,8-9,13-15H2,1-2H3,(H,22,24)/t20-/m1/s1. The highest BCUT2D eigenvalue weighted by atomic mass is 16.5. The Labute approximate surface area is 149 Å². The van der Waals surface area contributed by atoms with Crippen LogP contribution in [0, 0.1) is 13.8 Å². The van der Waals surface area contributed by atoms with E-state index >= 15 is 0 Å². The molecule has 4 nitrogen and oxygen atoms in total. The second kappa shape index (κ2) is 8.28. The van der Waals surface area contributed by atoms with Gasteiger partial charge in [0.05, 0.1) is 19.1 Å². The Morgan fingerprint density at radius 3 is 2.60 bits per heavy atom. The van der Waals surface area contributed by atoms with Gasteiger partial charge in [0.15, 0.2) is 0 Å². The van der Waals surface area contributed by atoms with Gasteiger partial charge in [0, 0.05) is 25.3 Å². The number of hydrogen-bond acceptors (Lipinski definition) is 3. The van der Waals surface area contributed by atoms with Gasteiger partial charge in [0.2, 0.25) is 5.91 Å². The van der Waals surface area contributed by atoms with E-state index in [1.54, 1.807) is 0 Å². The molecule has 2 aromatic carbocycles. The first-order valence-electron chi connectivity index (χ1n) is 8.84. The molecule has 1 amide bonds. The number of amides is 1. The van der Waals surface area contributed by atoms with Gasteiger partial charge in [-0.2, -0.15) is 0 Å². The van der Waals surface area contributed by atoms with Gasteiger partial charge in [-0.25, -0.2) is 0 Å². The van der Waals surface area contributed by atoms with E-state index in [-0.39, 0.29) is 12.0 Å². The second-order valence-corrected chi connectivity index (χ2v) is 6.84. The maximum atomic E-state index is 12.4. The van der Waals surface area contributed by atoms with E-state index in [9.17, 15) is 4.79 Å². The number of anilines is 1. The summed E-state index contributed by atoms with van der Waals surface area (Å²) in [6.07, 6.45) is 0.335. The predicted octanol–water partition coefficient (Wildman–Crippen LogP) is 3.53. The Balaban J connectivity index is 1.52. The van der Waals surface area contributed by atoms with Crippen molar-refractivity contribution in [3.05, 3.63) is 65.2 Å². The number of carbonyl (C=O) groups is 1. The Morgan fingerprint density at radius 2 is 1.88 bits per heavy atom. The van der Waals surface area contributed by atoms with Crippen LogP contribution >= 0.6 is 0 Å². The summed E-state index contributed by atoms with van der Waals surface area (Å²) in [5.74, 6) is 0.0107. The van der Waals surface area contributed by atoms with Crippen LogP contribution in [0.25, 0.3) is 0 Å². The van der Waals surface area contributed by atoms with Crippen molar-refractivity contribution in [2.45, 2.75) is 32.9 Å². The molecule has 1 N–H and O–H groups in total. The Hall–Kier alpha value is -2.17. The molecule has 132 valence electrons. The van der Waals surface area contributed by atoms with Gasteiger partial charge in [-0.15, -0.1) is 0 Å². The zero-order chi connectivity index (χ0) is 17.6. The van der Waals surface area contributed by atoms with Gasteiger partial charge in [-0.3, -0.25) is 9.69 Å². The lowest BCUT2D eigenvalue weighted by molar-refractivity contribution is -0.121. The number of nitrogens with zero attached hydrogens (tertiary/aromatic N) is 1. The summed E-state index contributed by atoms with van der Waals surface area (Å²) in [6.45, 7) is 7.34. The lowest BCUT2D eigenvalue weighted by Crippen LogP contribution is -2.43. The summed E-state index contributed by atoms with van der Waals surface area (Å²) >= 11 is 0. The van der Waals surface area contributed by atoms with E-state index in [1.165, 1.54) is 5.56 Å². The summed E-state index contributed by atoms with van der Waals surface area (Å²) < 4.78 is 5.80. The number of ether oxygens (including phenoxy) is 1. The van der Waals surface area contributed by atoms with Crippen LogP contribution in [0.5, 0.6) is 0 Å². The lowest BCUT2D eigenvalue weighted by atomic mass is 10.1. The van der Waals surface area contributed by atoms with Gasteiger partial charge >= 0.3 is 0 Å². The van der Waals surface area contributed by atoms with E-state index in [0.29, 0.717) is 13.0 Å². The molecule has 0 spiro atoms. The van der Waals surface area contributed by atoms with Gasteiger partial charge in [-0.05, 0) is 42.7 Å². The van der Waals surface area contributed by atoms with Crippen LogP contribution in [-0.2, 0) is 16.1 Å². The number of rotatable bonds is 5. The summed E-state index contributed by atoms with van der Waals surface area (Å²) in [5, 5.41) is 3.00. The lowest BCUT2D eigenvalue weighted by Gasteiger charge is -2.32. The predicted molar refractivity (Wildman–Crippen MR) is 101 cm³/mol. The van der Waals surface area contributed by atoms with Crippen molar-refractivity contribution in [2.75, 3.05) is 25.0 Å². The zero-order valence-corrected chi connectivity index (χ0v) is 15.0. The summed E-state index contributed by atoms with van der Waals surface area (Å²) in [4.78, 5) is 14.7. The number of morpholine rings is 1.